The van der Waals surface area contributed by atoms with Gasteiger partial charge in [-0.25, -0.2) is 0 Å². The summed E-state index contributed by atoms with van der Waals surface area (Å²) >= 11 is 6.06. The Bertz CT molecular complexity index is 1400. The van der Waals surface area contributed by atoms with Crippen LogP contribution in [0.5, 0.6) is 5.75 Å². The number of nitrogens with zero attached hydrogens (tertiary/aromatic N) is 1. The van der Waals surface area contributed by atoms with E-state index in [0.717, 1.165) is 4.90 Å². The highest BCUT2D eigenvalue weighted by molar-refractivity contribution is 6.35. The van der Waals surface area contributed by atoms with E-state index in [4.69, 9.17) is 21.1 Å². The summed E-state index contributed by atoms with van der Waals surface area (Å²) in [5, 5.41) is 0.485. The fourth-order valence-electron chi connectivity index (χ4n) is 5.60. The van der Waals surface area contributed by atoms with Gasteiger partial charge in [-0.1, -0.05) is 60.1 Å². The van der Waals surface area contributed by atoms with Gasteiger partial charge in [-0.15, -0.1) is 0 Å². The van der Waals surface area contributed by atoms with Gasteiger partial charge in [0.25, 0.3) is 0 Å². The first kappa shape index (κ1) is 22.6. The molecule has 0 aromatic heterocycles. The number of carbonyl (C=O) groups is 4. The number of halogens is 1. The number of fused-ring (bicyclic) bond motifs is 3. The Morgan fingerprint density at radius 1 is 0.861 bits per heavy atom. The van der Waals surface area contributed by atoms with Gasteiger partial charge >= 0.3 is 0 Å². The molecule has 2 heterocycles. The van der Waals surface area contributed by atoms with E-state index < -0.39 is 46.9 Å². The second-order valence-electron chi connectivity index (χ2n) is 9.14. The van der Waals surface area contributed by atoms with Gasteiger partial charge in [0.15, 0.2) is 0 Å². The molecule has 36 heavy (non-hydrogen) atoms. The van der Waals surface area contributed by atoms with Crippen molar-refractivity contribution in [1.29, 1.82) is 0 Å². The number of benzene rings is 3. The summed E-state index contributed by atoms with van der Waals surface area (Å²) in [6, 6.07) is 20.1. The predicted molar refractivity (Wildman–Crippen MR) is 129 cm³/mol. The third kappa shape index (κ3) is 3.03. The molecular formula is C28H20ClNO6. The molecule has 0 unspecified atom stereocenters. The molecule has 3 aromatic rings. The van der Waals surface area contributed by atoms with Gasteiger partial charge < -0.3 is 9.47 Å². The van der Waals surface area contributed by atoms with Crippen LogP contribution >= 0.6 is 11.6 Å². The van der Waals surface area contributed by atoms with Gasteiger partial charge in [-0.05, 0) is 35.4 Å². The highest BCUT2D eigenvalue weighted by Crippen LogP contribution is 2.57. The van der Waals surface area contributed by atoms with Crippen LogP contribution in [0.3, 0.4) is 0 Å². The quantitative estimate of drug-likeness (QED) is 0.396. The molecule has 2 aliphatic heterocycles. The van der Waals surface area contributed by atoms with Crippen LogP contribution in [0.4, 0.5) is 0 Å². The molecule has 3 aromatic carbocycles. The fraction of sp³-hybridized carbons (Fsp3) is 0.214. The summed E-state index contributed by atoms with van der Waals surface area (Å²) in [5.41, 5.74) is -0.406. The second kappa shape index (κ2) is 8.11. The molecule has 7 nitrogen and oxygen atoms in total. The molecule has 0 radical (unpaired) electrons. The smallest absolute Gasteiger partial charge is 0.237 e. The Balaban J connectivity index is 1.45. The first-order valence-corrected chi connectivity index (χ1v) is 11.8. The minimum Gasteiger partial charge on any atom is -0.497 e. The minimum atomic E-state index is -2.08. The van der Waals surface area contributed by atoms with Crippen LogP contribution in [-0.2, 0) is 20.9 Å². The standard InChI is InChI=1S/C28H20ClNO6/c1-35-18-12-6-15(7-13-18)14-30-26(33)21-22(27(30)34)28(36-23(21)16-8-10-17(29)11-9-16)24(31)19-4-2-3-5-20(19)25(28)32/h2-13,21-23H,14H2,1H3/t21-,22+,23+/m1/s1. The van der Waals surface area contributed by atoms with Gasteiger partial charge in [-0.3, -0.25) is 24.1 Å². The Kier molecular flexibility index (Phi) is 5.10. The summed E-state index contributed by atoms with van der Waals surface area (Å²) in [6.07, 6.45) is -0.966. The summed E-state index contributed by atoms with van der Waals surface area (Å²) in [4.78, 5) is 56.2. The Labute approximate surface area is 211 Å². The van der Waals surface area contributed by atoms with Crippen molar-refractivity contribution in [2.24, 2.45) is 11.8 Å². The second-order valence-corrected chi connectivity index (χ2v) is 9.58. The molecule has 2 fully saturated rings. The van der Waals surface area contributed by atoms with Crippen molar-refractivity contribution in [3.8, 4) is 5.75 Å². The lowest BCUT2D eigenvalue weighted by molar-refractivity contribution is -0.145. The van der Waals surface area contributed by atoms with E-state index >= 15 is 0 Å². The van der Waals surface area contributed by atoms with Crippen molar-refractivity contribution in [3.05, 3.63) is 100 Å². The van der Waals surface area contributed by atoms with E-state index in [1.807, 2.05) is 0 Å². The lowest BCUT2D eigenvalue weighted by atomic mass is 9.77. The number of Topliss-reactive ketones (excluding diaryl/α,β-unsaturated/α-hetero) is 2. The number of methoxy groups -OCH3 is 1. The van der Waals surface area contributed by atoms with Crippen LogP contribution in [0.15, 0.2) is 72.8 Å². The van der Waals surface area contributed by atoms with E-state index in [2.05, 4.69) is 0 Å². The zero-order valence-electron chi connectivity index (χ0n) is 19.1. The largest absolute Gasteiger partial charge is 0.497 e. The van der Waals surface area contributed by atoms with Gasteiger partial charge in [0.2, 0.25) is 29.0 Å². The molecule has 0 saturated carbocycles. The first-order valence-electron chi connectivity index (χ1n) is 11.5. The van der Waals surface area contributed by atoms with Crippen LogP contribution in [0.25, 0.3) is 0 Å². The normalized spacial score (nSPS) is 23.9. The number of hydrogen-bond donors (Lipinski definition) is 0. The maximum Gasteiger partial charge on any atom is 0.237 e. The number of carbonyl (C=O) groups excluding carboxylic acids is 4. The third-order valence-corrected chi connectivity index (χ3v) is 7.56. The van der Waals surface area contributed by atoms with Crippen LogP contribution in [0, 0.1) is 11.8 Å². The lowest BCUT2D eigenvalue weighted by Crippen LogP contribution is -2.50. The number of imide groups is 1. The monoisotopic (exact) mass is 501 g/mol. The molecule has 2 saturated heterocycles. The van der Waals surface area contributed by atoms with Crippen LogP contribution in [0.2, 0.25) is 5.02 Å². The average Bonchev–Trinajstić information content (AvgIpc) is 3.46. The van der Waals surface area contributed by atoms with Crippen molar-refractivity contribution in [3.63, 3.8) is 0 Å². The predicted octanol–water partition coefficient (Wildman–Crippen LogP) is 4.04. The SMILES string of the molecule is COc1ccc(CN2C(=O)[C@@H]3[C@@H](C2=O)C2(O[C@H]3c3ccc(Cl)cc3)C(=O)c3ccccc3C2=O)cc1. The molecule has 8 heteroatoms. The number of amides is 2. The van der Waals surface area contributed by atoms with Crippen molar-refractivity contribution < 1.29 is 28.7 Å². The van der Waals surface area contributed by atoms with Crippen molar-refractivity contribution in [1.82, 2.24) is 4.90 Å². The zero-order valence-corrected chi connectivity index (χ0v) is 19.9. The number of ketones is 2. The Morgan fingerprint density at radius 2 is 1.47 bits per heavy atom. The molecule has 3 aliphatic rings. The minimum absolute atomic E-state index is 0.00735. The van der Waals surface area contributed by atoms with Crippen molar-refractivity contribution >= 4 is 35.0 Å². The summed E-state index contributed by atoms with van der Waals surface area (Å²) < 4.78 is 11.4. The molecular weight excluding hydrogens is 482 g/mol. The number of likely N-dealkylation sites (tertiary alicyclic amines) is 1. The van der Waals surface area contributed by atoms with Crippen LogP contribution < -0.4 is 4.74 Å². The first-order chi connectivity index (χ1) is 17.4. The molecule has 180 valence electrons. The molecule has 3 atom stereocenters. The number of hydrogen-bond acceptors (Lipinski definition) is 6. The van der Waals surface area contributed by atoms with E-state index in [1.165, 1.54) is 0 Å². The molecule has 1 spiro atoms. The van der Waals surface area contributed by atoms with Gasteiger partial charge in [-0.2, -0.15) is 0 Å². The van der Waals surface area contributed by atoms with Crippen molar-refractivity contribution in [2.75, 3.05) is 7.11 Å². The molecule has 0 bridgehead atoms. The highest BCUT2D eigenvalue weighted by atomic mass is 35.5. The lowest BCUT2D eigenvalue weighted by Gasteiger charge is -2.27. The van der Waals surface area contributed by atoms with E-state index in [-0.39, 0.29) is 17.7 Å². The van der Waals surface area contributed by atoms with E-state index in [0.29, 0.717) is 21.9 Å². The van der Waals surface area contributed by atoms with Gasteiger partial charge in [0, 0.05) is 16.1 Å². The maximum atomic E-state index is 13.8. The fourth-order valence-corrected chi connectivity index (χ4v) is 5.73. The van der Waals surface area contributed by atoms with E-state index in [9.17, 15) is 19.2 Å². The zero-order chi connectivity index (χ0) is 25.2. The maximum absolute atomic E-state index is 13.8. The average molecular weight is 502 g/mol. The summed E-state index contributed by atoms with van der Waals surface area (Å²) in [5.74, 6) is -3.88. The molecule has 0 N–H and O–H groups in total. The highest BCUT2D eigenvalue weighted by Gasteiger charge is 2.74. The van der Waals surface area contributed by atoms with Crippen LogP contribution in [0.1, 0.15) is 37.9 Å². The summed E-state index contributed by atoms with van der Waals surface area (Å²) in [6.45, 7) is 0.00735. The Hall–Kier alpha value is -3.81. The van der Waals surface area contributed by atoms with Gasteiger partial charge in [0.1, 0.15) is 5.75 Å². The molecule has 6 rings (SSSR count). The number of ether oxygens (including phenoxy) is 2. The Morgan fingerprint density at radius 3 is 2.06 bits per heavy atom. The van der Waals surface area contributed by atoms with Crippen molar-refractivity contribution in [2.45, 2.75) is 18.2 Å². The van der Waals surface area contributed by atoms with Gasteiger partial charge in [0.05, 0.1) is 31.6 Å². The third-order valence-electron chi connectivity index (χ3n) is 7.31. The van der Waals surface area contributed by atoms with E-state index in [1.54, 1.807) is 79.9 Å². The summed E-state index contributed by atoms with van der Waals surface area (Å²) in [7, 11) is 1.55. The molecule has 2 amide bonds. The number of rotatable bonds is 4. The topological polar surface area (TPSA) is 90.0 Å². The van der Waals surface area contributed by atoms with Crippen LogP contribution in [-0.4, -0.2) is 41.0 Å². The molecule has 1 aliphatic carbocycles.